The van der Waals surface area contributed by atoms with E-state index in [4.69, 9.17) is 9.90 Å². The maximum atomic E-state index is 13.1. The van der Waals surface area contributed by atoms with E-state index in [1.54, 1.807) is 0 Å². The number of rotatable bonds is 10. The van der Waals surface area contributed by atoms with Gasteiger partial charge in [-0.2, -0.15) is 13.2 Å². The second-order valence-electron chi connectivity index (χ2n) is 14.0. The lowest BCUT2D eigenvalue weighted by Gasteiger charge is -2.42. The molecule has 0 radical (unpaired) electrons. The molecule has 3 saturated carbocycles. The van der Waals surface area contributed by atoms with Crippen LogP contribution in [0.4, 0.5) is 18.0 Å². The first-order chi connectivity index (χ1) is 23.0. The van der Waals surface area contributed by atoms with Crippen LogP contribution in [0.2, 0.25) is 0 Å². The summed E-state index contributed by atoms with van der Waals surface area (Å²) in [4.78, 5) is 25.0. The van der Waals surface area contributed by atoms with E-state index >= 15 is 0 Å². The van der Waals surface area contributed by atoms with Crippen LogP contribution in [0.25, 0.3) is 0 Å². The van der Waals surface area contributed by atoms with Crippen LogP contribution in [0.15, 0.2) is 60.7 Å². The minimum Gasteiger partial charge on any atom is -0.475 e. The number of urea groups is 1. The fraction of sp³-hybridized carbons (Fsp3) is 0.632. The number of carboxylic acid groups (broad SMARTS) is 1. The van der Waals surface area contributed by atoms with Crippen molar-refractivity contribution in [2.24, 2.45) is 5.92 Å². The Morgan fingerprint density at radius 1 is 0.771 bits per heavy atom. The van der Waals surface area contributed by atoms with Crippen molar-refractivity contribution in [3.63, 3.8) is 0 Å². The van der Waals surface area contributed by atoms with Gasteiger partial charge in [-0.15, -0.1) is 0 Å². The van der Waals surface area contributed by atoms with E-state index in [-0.39, 0.29) is 12.1 Å². The maximum Gasteiger partial charge on any atom is 0.490 e. The van der Waals surface area contributed by atoms with E-state index in [0.29, 0.717) is 0 Å². The lowest BCUT2D eigenvalue weighted by molar-refractivity contribution is -0.192. The van der Waals surface area contributed by atoms with Gasteiger partial charge in [0.2, 0.25) is 0 Å². The van der Waals surface area contributed by atoms with E-state index in [1.807, 2.05) is 67.6 Å². The Kier molecular flexibility index (Phi) is 14.2. The molecule has 7 nitrogen and oxygen atoms in total. The van der Waals surface area contributed by atoms with Gasteiger partial charge >= 0.3 is 18.2 Å². The van der Waals surface area contributed by atoms with Crippen LogP contribution in [0.1, 0.15) is 114 Å². The monoisotopic (exact) mass is 673 g/mol. The molecule has 0 aromatic heterocycles. The van der Waals surface area contributed by atoms with Gasteiger partial charge in [-0.1, -0.05) is 99.2 Å². The molecule has 3 aliphatic carbocycles. The summed E-state index contributed by atoms with van der Waals surface area (Å²) in [6.45, 7) is 3.16. The van der Waals surface area contributed by atoms with Gasteiger partial charge in [0.25, 0.3) is 0 Å². The first-order valence-electron chi connectivity index (χ1n) is 17.9. The predicted octanol–water partition coefficient (Wildman–Crippen LogP) is 8.16. The molecule has 1 atom stereocenters. The number of aliphatic carboxylic acids is 1. The molecule has 0 unspecified atom stereocenters. The topological polar surface area (TPSA) is 102 Å². The van der Waals surface area contributed by atoms with Gasteiger partial charge in [0.05, 0.1) is 6.04 Å². The summed E-state index contributed by atoms with van der Waals surface area (Å²) < 4.78 is 31.7. The van der Waals surface area contributed by atoms with Gasteiger partial charge < -0.3 is 20.8 Å². The smallest absolute Gasteiger partial charge is 0.475 e. The molecule has 3 aliphatic rings. The van der Waals surface area contributed by atoms with Gasteiger partial charge in [0.1, 0.15) is 5.60 Å². The lowest BCUT2D eigenvalue weighted by atomic mass is 9.81. The van der Waals surface area contributed by atoms with Crippen LogP contribution in [0, 0.1) is 5.92 Å². The molecule has 48 heavy (non-hydrogen) atoms. The van der Waals surface area contributed by atoms with E-state index in [1.165, 1.54) is 90.0 Å². The number of nitrogens with zero attached hydrogens (tertiary/aromatic N) is 1. The summed E-state index contributed by atoms with van der Waals surface area (Å²) in [6.07, 6.45) is 14.9. The summed E-state index contributed by atoms with van der Waals surface area (Å²) in [6, 6.07) is 20.4. The molecule has 0 bridgehead atoms. The van der Waals surface area contributed by atoms with Crippen LogP contribution in [0.5, 0.6) is 0 Å². The Balaban J connectivity index is 0.000000671. The zero-order valence-corrected chi connectivity index (χ0v) is 28.3. The van der Waals surface area contributed by atoms with Gasteiger partial charge in [-0.05, 0) is 88.3 Å². The molecule has 2 aromatic rings. The van der Waals surface area contributed by atoms with E-state index in [0.717, 1.165) is 42.0 Å². The highest BCUT2D eigenvalue weighted by Crippen LogP contribution is 2.35. The number of nitrogens with one attached hydrogen (secondary N) is 2. The number of hydrogen-bond acceptors (Lipinski definition) is 4. The van der Waals surface area contributed by atoms with Crippen molar-refractivity contribution < 1.29 is 33.0 Å². The van der Waals surface area contributed by atoms with Gasteiger partial charge in [-0.3, -0.25) is 4.90 Å². The third-order valence-electron chi connectivity index (χ3n) is 10.7. The summed E-state index contributed by atoms with van der Waals surface area (Å²) in [5, 5.41) is 25.4. The molecule has 2 amide bonds. The number of alkyl halides is 3. The van der Waals surface area contributed by atoms with Crippen LogP contribution >= 0.6 is 0 Å². The first-order valence-corrected chi connectivity index (χ1v) is 17.9. The molecule has 0 saturated heterocycles. The highest BCUT2D eigenvalue weighted by molar-refractivity contribution is 5.75. The summed E-state index contributed by atoms with van der Waals surface area (Å²) in [5.74, 6) is -1.99. The number of amides is 2. The van der Waals surface area contributed by atoms with E-state index in [2.05, 4.69) is 15.5 Å². The molecule has 4 N–H and O–H groups in total. The third kappa shape index (κ3) is 10.7. The first kappa shape index (κ1) is 37.7. The van der Waals surface area contributed by atoms with Gasteiger partial charge in [-0.25, -0.2) is 9.59 Å². The van der Waals surface area contributed by atoms with Crippen molar-refractivity contribution in [3.05, 3.63) is 71.8 Å². The Morgan fingerprint density at radius 3 is 1.62 bits per heavy atom. The maximum absolute atomic E-state index is 13.1. The molecular formula is C38H54F3N3O4. The fourth-order valence-corrected chi connectivity index (χ4v) is 8.00. The largest absolute Gasteiger partial charge is 0.490 e. The average Bonchev–Trinajstić information content (AvgIpc) is 3.10. The van der Waals surface area contributed by atoms with Crippen LogP contribution < -0.4 is 10.6 Å². The SMILES string of the molecule is C[C@H](NC(=O)NC1CCC(CCN(C2CCCCC2)C2CCCCC2)CC1)C(O)(c1ccccc1)c1ccccc1.O=C(O)C(F)(F)F. The Bertz CT molecular complexity index is 1190. The van der Waals surface area contributed by atoms with Crippen molar-refractivity contribution in [2.45, 2.75) is 139 Å². The number of carboxylic acids is 1. The molecule has 266 valence electrons. The zero-order chi connectivity index (χ0) is 34.6. The highest BCUT2D eigenvalue weighted by Gasteiger charge is 2.39. The molecule has 2 aromatic carbocycles. The molecule has 0 heterocycles. The minimum atomic E-state index is -5.08. The number of halogens is 3. The third-order valence-corrected chi connectivity index (χ3v) is 10.7. The standard InChI is InChI=1S/C36H53N3O2.C2HF3O2/c1-28(36(41,30-14-6-2-7-15-30)31-16-8-3-9-17-31)37-35(40)38-32-24-22-29(23-25-32)26-27-39(33-18-10-4-11-19-33)34-20-12-5-13-21-34;3-2(4,5)1(6)7/h2-3,6-9,14-17,28-29,32-34,41H,4-5,10-13,18-27H2,1H3,(H2,37,38,40);(H,6,7)/t28-,29?,32?;/m0./s1. The summed E-state index contributed by atoms with van der Waals surface area (Å²) in [5.41, 5.74) is 0.227. The highest BCUT2D eigenvalue weighted by atomic mass is 19.4. The molecule has 0 aliphatic heterocycles. The van der Waals surface area contributed by atoms with Crippen molar-refractivity contribution in [1.82, 2.24) is 15.5 Å². The number of carbonyl (C=O) groups excluding carboxylic acids is 1. The molecular weight excluding hydrogens is 619 g/mol. The lowest BCUT2D eigenvalue weighted by Crippen LogP contribution is -2.54. The molecule has 3 fully saturated rings. The predicted molar refractivity (Wildman–Crippen MR) is 182 cm³/mol. The second kappa shape index (κ2) is 18.0. The quantitative estimate of drug-likeness (QED) is 0.204. The average molecular weight is 674 g/mol. The van der Waals surface area contributed by atoms with E-state index in [9.17, 15) is 23.1 Å². The minimum absolute atomic E-state index is 0.188. The van der Waals surface area contributed by atoms with E-state index < -0.39 is 23.8 Å². The number of carbonyl (C=O) groups is 2. The van der Waals surface area contributed by atoms with Crippen LogP contribution in [-0.2, 0) is 10.4 Å². The number of hydrogen-bond donors (Lipinski definition) is 4. The van der Waals surface area contributed by atoms with Gasteiger partial charge in [0, 0.05) is 18.1 Å². The van der Waals surface area contributed by atoms with Crippen molar-refractivity contribution >= 4 is 12.0 Å². The van der Waals surface area contributed by atoms with Crippen LogP contribution in [-0.4, -0.2) is 64.0 Å². The summed E-state index contributed by atoms with van der Waals surface area (Å²) in [7, 11) is 0. The van der Waals surface area contributed by atoms with Crippen LogP contribution in [0.3, 0.4) is 0 Å². The number of aliphatic hydroxyl groups is 1. The zero-order valence-electron chi connectivity index (χ0n) is 28.3. The molecule has 10 heteroatoms. The van der Waals surface area contributed by atoms with Crippen molar-refractivity contribution in [1.29, 1.82) is 0 Å². The normalized spacial score (nSPS) is 21.9. The second-order valence-corrected chi connectivity index (χ2v) is 14.0. The fourth-order valence-electron chi connectivity index (χ4n) is 8.00. The molecule has 5 rings (SSSR count). The van der Waals surface area contributed by atoms with Gasteiger partial charge in [0.15, 0.2) is 0 Å². The Morgan fingerprint density at radius 2 is 1.21 bits per heavy atom. The molecule has 0 spiro atoms. The van der Waals surface area contributed by atoms with Crippen molar-refractivity contribution in [3.8, 4) is 0 Å². The van der Waals surface area contributed by atoms with Crippen molar-refractivity contribution in [2.75, 3.05) is 6.54 Å². The number of benzene rings is 2. The Hall–Kier alpha value is -3.11. The summed E-state index contributed by atoms with van der Waals surface area (Å²) >= 11 is 0. The Labute approximate surface area is 283 Å².